The number of amides is 1. The normalized spacial score (nSPS) is 11.5. The number of esters is 1. The van der Waals surface area contributed by atoms with Crippen LogP contribution in [0.25, 0.3) is 0 Å². The summed E-state index contributed by atoms with van der Waals surface area (Å²) in [6.07, 6.45) is 0.478. The molecule has 1 amide bonds. The molecule has 6 nitrogen and oxygen atoms in total. The lowest BCUT2D eigenvalue weighted by Crippen LogP contribution is -2.31. The molecule has 0 unspecified atom stereocenters. The maximum absolute atomic E-state index is 12.0. The molecule has 0 aliphatic heterocycles. The summed E-state index contributed by atoms with van der Waals surface area (Å²) in [6.45, 7) is 1.10. The average Bonchev–Trinajstić information content (AvgIpc) is 2.55. The Hall–Kier alpha value is -2.31. The molecule has 126 valence electrons. The predicted octanol–water partition coefficient (Wildman–Crippen LogP) is 3.34. The molecule has 2 aromatic rings. The Kier molecular flexibility index (Phi) is 6.40. The third-order valence-corrected chi connectivity index (χ3v) is 3.38. The highest BCUT2D eigenvalue weighted by Gasteiger charge is 2.19. The van der Waals surface area contributed by atoms with Crippen molar-refractivity contribution in [1.29, 1.82) is 0 Å². The molecule has 0 fully saturated rings. The Morgan fingerprint density at radius 2 is 2.04 bits per heavy atom. The third-order valence-electron chi connectivity index (χ3n) is 2.85. The summed E-state index contributed by atoms with van der Waals surface area (Å²) < 4.78 is 10.2. The largest absolute Gasteiger partial charge is 0.482 e. The van der Waals surface area contributed by atoms with Crippen LogP contribution >= 0.6 is 23.2 Å². The molecule has 8 heteroatoms. The van der Waals surface area contributed by atoms with E-state index in [2.05, 4.69) is 10.3 Å². The van der Waals surface area contributed by atoms with Crippen LogP contribution in [0.1, 0.15) is 6.92 Å². The zero-order valence-electron chi connectivity index (χ0n) is 12.7. The molecule has 0 bridgehead atoms. The number of nitrogens with one attached hydrogen (secondary N) is 1. The second-order valence-electron chi connectivity index (χ2n) is 4.71. The molecular formula is C16H14Cl2N2O4. The molecule has 1 N–H and O–H groups in total. The Labute approximate surface area is 148 Å². The molecule has 1 heterocycles. The minimum absolute atomic E-state index is 0.147. The molecule has 0 saturated carbocycles. The molecule has 0 saturated heterocycles. The van der Waals surface area contributed by atoms with E-state index in [1.54, 1.807) is 36.4 Å². The van der Waals surface area contributed by atoms with Crippen LogP contribution < -0.4 is 10.1 Å². The zero-order valence-corrected chi connectivity index (χ0v) is 14.2. The van der Waals surface area contributed by atoms with Crippen LogP contribution in [0, 0.1) is 0 Å². The van der Waals surface area contributed by atoms with Crippen LogP contribution in [0.5, 0.6) is 5.75 Å². The lowest BCUT2D eigenvalue weighted by Gasteiger charge is -2.14. The summed E-state index contributed by atoms with van der Waals surface area (Å²) in [7, 11) is 0. The number of hydrogen-bond acceptors (Lipinski definition) is 5. The van der Waals surface area contributed by atoms with E-state index in [0.717, 1.165) is 0 Å². The van der Waals surface area contributed by atoms with Gasteiger partial charge >= 0.3 is 5.97 Å². The van der Waals surface area contributed by atoms with Gasteiger partial charge in [-0.2, -0.15) is 0 Å². The predicted molar refractivity (Wildman–Crippen MR) is 90.4 cm³/mol. The lowest BCUT2D eigenvalue weighted by atomic mass is 10.3. The standard InChI is InChI=1S/C16H14Cl2N2O4/c1-10(16(22)20-13-6-3-7-19-15(13)18)24-14(21)9-23-12-5-2-4-11(17)8-12/h2-8,10H,9H2,1H3,(H,20,22)/t10-/m0/s1. The van der Waals surface area contributed by atoms with E-state index in [1.807, 2.05) is 0 Å². The summed E-state index contributed by atoms with van der Waals surface area (Å²) in [5.41, 5.74) is 0.335. The molecule has 0 spiro atoms. The highest BCUT2D eigenvalue weighted by molar-refractivity contribution is 6.32. The van der Waals surface area contributed by atoms with Crippen LogP contribution in [0.3, 0.4) is 0 Å². The number of halogens is 2. The van der Waals surface area contributed by atoms with Crippen molar-refractivity contribution in [2.75, 3.05) is 11.9 Å². The van der Waals surface area contributed by atoms with Crippen molar-refractivity contribution in [2.24, 2.45) is 0 Å². The molecule has 1 aromatic heterocycles. The number of rotatable bonds is 6. The number of anilines is 1. The summed E-state index contributed by atoms with van der Waals surface area (Å²) in [5, 5.41) is 3.16. The number of hydrogen-bond donors (Lipinski definition) is 1. The van der Waals surface area contributed by atoms with E-state index in [9.17, 15) is 9.59 Å². The summed E-state index contributed by atoms with van der Waals surface area (Å²) >= 11 is 11.7. The van der Waals surface area contributed by atoms with E-state index in [-0.39, 0.29) is 11.8 Å². The number of carbonyl (C=O) groups is 2. The van der Waals surface area contributed by atoms with Gasteiger partial charge in [0.15, 0.2) is 17.9 Å². The quantitative estimate of drug-likeness (QED) is 0.624. The smallest absolute Gasteiger partial charge is 0.344 e. The van der Waals surface area contributed by atoms with Gasteiger partial charge in [0.1, 0.15) is 5.75 Å². The fourth-order valence-electron chi connectivity index (χ4n) is 1.70. The van der Waals surface area contributed by atoms with Crippen LogP contribution in [0.4, 0.5) is 5.69 Å². The van der Waals surface area contributed by atoms with Crippen LogP contribution in [-0.2, 0) is 14.3 Å². The summed E-state index contributed by atoms with van der Waals surface area (Å²) in [4.78, 5) is 27.6. The van der Waals surface area contributed by atoms with E-state index >= 15 is 0 Å². The Balaban J connectivity index is 1.82. The van der Waals surface area contributed by atoms with Gasteiger partial charge in [-0.1, -0.05) is 29.3 Å². The SMILES string of the molecule is C[C@H](OC(=O)COc1cccc(Cl)c1)C(=O)Nc1cccnc1Cl. The fourth-order valence-corrected chi connectivity index (χ4v) is 2.04. The minimum atomic E-state index is -1.02. The van der Waals surface area contributed by atoms with Gasteiger partial charge in [-0.25, -0.2) is 9.78 Å². The highest BCUT2D eigenvalue weighted by Crippen LogP contribution is 2.18. The second-order valence-corrected chi connectivity index (χ2v) is 5.50. The van der Waals surface area contributed by atoms with Gasteiger partial charge in [0, 0.05) is 11.2 Å². The fraction of sp³-hybridized carbons (Fsp3) is 0.188. The van der Waals surface area contributed by atoms with Crippen molar-refractivity contribution in [3.63, 3.8) is 0 Å². The van der Waals surface area contributed by atoms with Gasteiger partial charge in [-0.15, -0.1) is 0 Å². The molecule has 0 aliphatic rings. The molecule has 24 heavy (non-hydrogen) atoms. The van der Waals surface area contributed by atoms with Gasteiger partial charge in [0.2, 0.25) is 0 Å². The van der Waals surface area contributed by atoms with Crippen LogP contribution in [0.2, 0.25) is 10.2 Å². The van der Waals surface area contributed by atoms with Crippen molar-refractivity contribution in [2.45, 2.75) is 13.0 Å². The molecule has 0 aliphatic carbocycles. The maximum atomic E-state index is 12.0. The zero-order chi connectivity index (χ0) is 17.5. The number of benzene rings is 1. The molecule has 0 radical (unpaired) electrons. The van der Waals surface area contributed by atoms with Gasteiger partial charge < -0.3 is 14.8 Å². The van der Waals surface area contributed by atoms with Crippen LogP contribution in [0.15, 0.2) is 42.6 Å². The topological polar surface area (TPSA) is 77.5 Å². The molecule has 1 aromatic carbocycles. The van der Waals surface area contributed by atoms with E-state index in [0.29, 0.717) is 16.5 Å². The first kappa shape index (κ1) is 18.0. The Bertz CT molecular complexity index is 740. The van der Waals surface area contributed by atoms with Crippen molar-refractivity contribution in [3.8, 4) is 5.75 Å². The monoisotopic (exact) mass is 368 g/mol. The second kappa shape index (κ2) is 8.52. The third kappa shape index (κ3) is 5.40. The van der Waals surface area contributed by atoms with Gasteiger partial charge in [0.25, 0.3) is 5.91 Å². The average molecular weight is 369 g/mol. The number of carbonyl (C=O) groups excluding carboxylic acids is 2. The molecule has 2 rings (SSSR count). The number of pyridine rings is 1. The van der Waals surface area contributed by atoms with Gasteiger partial charge in [-0.05, 0) is 37.3 Å². The minimum Gasteiger partial charge on any atom is -0.482 e. The molecular weight excluding hydrogens is 355 g/mol. The van der Waals surface area contributed by atoms with Gasteiger partial charge in [-0.3, -0.25) is 4.79 Å². The van der Waals surface area contributed by atoms with Gasteiger partial charge in [0.05, 0.1) is 5.69 Å². The first-order chi connectivity index (χ1) is 11.5. The van der Waals surface area contributed by atoms with Crippen molar-refractivity contribution in [1.82, 2.24) is 4.98 Å². The maximum Gasteiger partial charge on any atom is 0.344 e. The number of aromatic nitrogens is 1. The lowest BCUT2D eigenvalue weighted by molar-refractivity contribution is -0.155. The van der Waals surface area contributed by atoms with E-state index in [4.69, 9.17) is 32.7 Å². The number of ether oxygens (including phenoxy) is 2. The van der Waals surface area contributed by atoms with Crippen LogP contribution in [-0.4, -0.2) is 29.6 Å². The number of nitrogens with zero attached hydrogens (tertiary/aromatic N) is 1. The Morgan fingerprint density at radius 3 is 2.75 bits per heavy atom. The highest BCUT2D eigenvalue weighted by atomic mass is 35.5. The van der Waals surface area contributed by atoms with E-state index in [1.165, 1.54) is 13.1 Å². The molecule has 1 atom stereocenters. The first-order valence-corrected chi connectivity index (χ1v) is 7.70. The Morgan fingerprint density at radius 1 is 1.25 bits per heavy atom. The van der Waals surface area contributed by atoms with Crippen molar-refractivity contribution in [3.05, 3.63) is 52.8 Å². The summed E-state index contributed by atoms with van der Waals surface area (Å²) in [6, 6.07) is 9.80. The summed E-state index contributed by atoms with van der Waals surface area (Å²) in [5.74, 6) is -0.783. The van der Waals surface area contributed by atoms with E-state index < -0.39 is 18.0 Å². The van der Waals surface area contributed by atoms with Crippen molar-refractivity contribution < 1.29 is 19.1 Å². The first-order valence-electron chi connectivity index (χ1n) is 6.95. The van der Waals surface area contributed by atoms with Crippen molar-refractivity contribution >= 4 is 40.8 Å².